The van der Waals surface area contributed by atoms with Crippen molar-refractivity contribution in [1.29, 1.82) is 0 Å². The number of carbonyl (C=O) groups is 2. The van der Waals surface area contributed by atoms with Crippen molar-refractivity contribution in [3.05, 3.63) is 65.2 Å². The number of carboxylic acids is 1. The highest BCUT2D eigenvalue weighted by molar-refractivity contribution is 5.85. The molecule has 2 aromatic carbocycles. The smallest absolute Gasteiger partial charge is 0.326 e. The van der Waals surface area contributed by atoms with Crippen molar-refractivity contribution < 1.29 is 28.2 Å². The van der Waals surface area contributed by atoms with Gasteiger partial charge in [0.1, 0.15) is 23.4 Å². The first-order valence-corrected chi connectivity index (χ1v) is 7.47. The quantitative estimate of drug-likeness (QED) is 0.804. The molecule has 25 heavy (non-hydrogen) atoms. The largest absolute Gasteiger partial charge is 0.497 e. The van der Waals surface area contributed by atoms with Gasteiger partial charge in [-0.3, -0.25) is 4.79 Å². The van der Waals surface area contributed by atoms with Crippen molar-refractivity contribution in [2.45, 2.75) is 18.9 Å². The summed E-state index contributed by atoms with van der Waals surface area (Å²) in [4.78, 5) is 23.4. The molecule has 0 aromatic heterocycles. The third-order valence-corrected chi connectivity index (χ3v) is 3.52. The topological polar surface area (TPSA) is 75.6 Å². The Kier molecular flexibility index (Phi) is 6.05. The number of amides is 1. The van der Waals surface area contributed by atoms with Gasteiger partial charge in [0.05, 0.1) is 13.5 Å². The highest BCUT2D eigenvalue weighted by Gasteiger charge is 2.20. The first-order chi connectivity index (χ1) is 11.9. The molecule has 0 fully saturated rings. The second-order valence-corrected chi connectivity index (χ2v) is 5.47. The minimum atomic E-state index is -1.20. The average Bonchev–Trinajstić information content (AvgIpc) is 2.53. The molecule has 0 saturated heterocycles. The lowest BCUT2D eigenvalue weighted by atomic mass is 10.0. The lowest BCUT2D eigenvalue weighted by Crippen LogP contribution is -2.43. The first kappa shape index (κ1) is 18.4. The zero-order valence-corrected chi connectivity index (χ0v) is 13.5. The summed E-state index contributed by atoms with van der Waals surface area (Å²) in [6.45, 7) is 0. The van der Waals surface area contributed by atoms with E-state index in [0.29, 0.717) is 17.4 Å². The Hall–Kier alpha value is -2.96. The molecule has 0 aliphatic rings. The standard InChI is InChI=1S/C18H17F2NO4/c1-25-15-4-2-11(3-5-15)8-16(18(23)24)21-17(22)9-12-6-13(19)10-14(20)7-12/h2-7,10,16H,8-9H2,1H3,(H,21,22)(H,23,24)/t16-/m1/s1. The van der Waals surface area contributed by atoms with Crippen LogP contribution >= 0.6 is 0 Å². The van der Waals surface area contributed by atoms with Crippen molar-refractivity contribution in [2.75, 3.05) is 7.11 Å². The van der Waals surface area contributed by atoms with E-state index < -0.39 is 29.6 Å². The van der Waals surface area contributed by atoms with E-state index in [-0.39, 0.29) is 18.4 Å². The summed E-state index contributed by atoms with van der Waals surface area (Å²) in [7, 11) is 1.52. The fraction of sp³-hybridized carbons (Fsp3) is 0.222. The van der Waals surface area contributed by atoms with Crippen molar-refractivity contribution in [3.8, 4) is 5.75 Å². The van der Waals surface area contributed by atoms with Gasteiger partial charge in [-0.1, -0.05) is 12.1 Å². The number of halogens is 2. The monoisotopic (exact) mass is 349 g/mol. The molecule has 0 unspecified atom stereocenters. The molecule has 0 saturated carbocycles. The molecular formula is C18H17F2NO4. The number of methoxy groups -OCH3 is 1. The Morgan fingerprint density at radius 1 is 1.08 bits per heavy atom. The normalized spacial score (nSPS) is 11.6. The zero-order chi connectivity index (χ0) is 18.4. The lowest BCUT2D eigenvalue weighted by Gasteiger charge is -2.15. The molecular weight excluding hydrogens is 332 g/mol. The van der Waals surface area contributed by atoms with E-state index in [9.17, 15) is 23.5 Å². The van der Waals surface area contributed by atoms with E-state index in [2.05, 4.69) is 5.32 Å². The number of rotatable bonds is 7. The number of nitrogens with one attached hydrogen (secondary N) is 1. The second-order valence-electron chi connectivity index (χ2n) is 5.47. The Labute approximate surface area is 143 Å². The molecule has 1 amide bonds. The Morgan fingerprint density at radius 2 is 1.68 bits per heavy atom. The van der Waals surface area contributed by atoms with E-state index in [1.807, 2.05) is 0 Å². The fourth-order valence-corrected chi connectivity index (χ4v) is 2.34. The SMILES string of the molecule is COc1ccc(C[C@@H](NC(=O)Cc2cc(F)cc(F)c2)C(=O)O)cc1. The van der Waals surface area contributed by atoms with Crippen LogP contribution in [0.2, 0.25) is 0 Å². The van der Waals surface area contributed by atoms with Gasteiger partial charge in [0, 0.05) is 12.5 Å². The predicted octanol–water partition coefficient (Wildman–Crippen LogP) is 2.33. The minimum absolute atomic E-state index is 0.0720. The van der Waals surface area contributed by atoms with Crippen LogP contribution in [0.1, 0.15) is 11.1 Å². The highest BCUT2D eigenvalue weighted by atomic mass is 19.1. The molecule has 1 atom stereocenters. The molecule has 0 radical (unpaired) electrons. The summed E-state index contributed by atoms with van der Waals surface area (Å²) >= 11 is 0. The summed E-state index contributed by atoms with van der Waals surface area (Å²) in [6.07, 6.45) is -0.246. The summed E-state index contributed by atoms with van der Waals surface area (Å²) in [5.41, 5.74) is 0.828. The van der Waals surface area contributed by atoms with Gasteiger partial charge in [-0.25, -0.2) is 13.6 Å². The first-order valence-electron chi connectivity index (χ1n) is 7.47. The Bertz CT molecular complexity index is 742. The number of carboxylic acid groups (broad SMARTS) is 1. The highest BCUT2D eigenvalue weighted by Crippen LogP contribution is 2.13. The summed E-state index contributed by atoms with van der Waals surface area (Å²) in [6, 6.07) is 8.37. The number of benzene rings is 2. The van der Waals surface area contributed by atoms with Gasteiger partial charge in [0.2, 0.25) is 5.91 Å². The maximum atomic E-state index is 13.1. The van der Waals surface area contributed by atoms with Crippen LogP contribution in [0.25, 0.3) is 0 Å². The molecule has 7 heteroatoms. The van der Waals surface area contributed by atoms with Crippen LogP contribution in [0.3, 0.4) is 0 Å². The number of carbonyl (C=O) groups excluding carboxylic acids is 1. The van der Waals surface area contributed by atoms with E-state index >= 15 is 0 Å². The number of hydrogen-bond donors (Lipinski definition) is 2. The minimum Gasteiger partial charge on any atom is -0.497 e. The molecule has 5 nitrogen and oxygen atoms in total. The molecule has 132 valence electrons. The van der Waals surface area contributed by atoms with Gasteiger partial charge in [0.25, 0.3) is 0 Å². The van der Waals surface area contributed by atoms with Crippen molar-refractivity contribution in [1.82, 2.24) is 5.32 Å². The van der Waals surface area contributed by atoms with Crippen LogP contribution < -0.4 is 10.1 Å². The molecule has 0 aliphatic heterocycles. The summed E-state index contributed by atoms with van der Waals surface area (Å²) < 4.78 is 31.3. The van der Waals surface area contributed by atoms with Gasteiger partial charge in [0.15, 0.2) is 0 Å². The van der Waals surface area contributed by atoms with Crippen molar-refractivity contribution in [3.63, 3.8) is 0 Å². The number of hydrogen-bond acceptors (Lipinski definition) is 3. The van der Waals surface area contributed by atoms with Gasteiger partial charge >= 0.3 is 5.97 Å². The third-order valence-electron chi connectivity index (χ3n) is 3.52. The molecule has 0 aliphatic carbocycles. The van der Waals surface area contributed by atoms with Crippen molar-refractivity contribution >= 4 is 11.9 Å². The average molecular weight is 349 g/mol. The number of ether oxygens (including phenoxy) is 1. The van der Waals surface area contributed by atoms with Gasteiger partial charge in [-0.15, -0.1) is 0 Å². The van der Waals surface area contributed by atoms with Crippen LogP contribution in [0.4, 0.5) is 8.78 Å². The van der Waals surface area contributed by atoms with Crippen molar-refractivity contribution in [2.24, 2.45) is 0 Å². The Morgan fingerprint density at radius 3 is 2.20 bits per heavy atom. The van der Waals surface area contributed by atoms with Crippen LogP contribution in [0, 0.1) is 11.6 Å². The van der Waals surface area contributed by atoms with Crippen LogP contribution in [0.5, 0.6) is 5.75 Å². The van der Waals surface area contributed by atoms with Crippen LogP contribution in [0.15, 0.2) is 42.5 Å². The van der Waals surface area contributed by atoms with E-state index in [4.69, 9.17) is 4.74 Å². The maximum absolute atomic E-state index is 13.1. The molecule has 2 N–H and O–H groups in total. The fourth-order valence-electron chi connectivity index (χ4n) is 2.34. The molecule has 2 aromatic rings. The zero-order valence-electron chi connectivity index (χ0n) is 13.5. The molecule has 0 spiro atoms. The van der Waals surface area contributed by atoms with Gasteiger partial charge < -0.3 is 15.2 Å². The Balaban J connectivity index is 2.02. The van der Waals surface area contributed by atoms with Gasteiger partial charge in [-0.05, 0) is 35.4 Å². The van der Waals surface area contributed by atoms with E-state index in [1.165, 1.54) is 7.11 Å². The molecule has 0 bridgehead atoms. The van der Waals surface area contributed by atoms with E-state index in [1.54, 1.807) is 24.3 Å². The molecule has 0 heterocycles. The van der Waals surface area contributed by atoms with Crippen LogP contribution in [-0.4, -0.2) is 30.1 Å². The van der Waals surface area contributed by atoms with Gasteiger partial charge in [-0.2, -0.15) is 0 Å². The van der Waals surface area contributed by atoms with E-state index in [0.717, 1.165) is 12.1 Å². The third kappa shape index (κ3) is 5.56. The maximum Gasteiger partial charge on any atom is 0.326 e. The molecule has 2 rings (SSSR count). The summed E-state index contributed by atoms with van der Waals surface area (Å²) in [5.74, 6) is -2.79. The second kappa shape index (κ2) is 8.23. The predicted molar refractivity (Wildman–Crippen MR) is 86.3 cm³/mol. The number of aliphatic carboxylic acids is 1. The van der Waals surface area contributed by atoms with Crippen LogP contribution in [-0.2, 0) is 22.4 Å². The summed E-state index contributed by atoms with van der Waals surface area (Å²) in [5, 5.41) is 11.6. The lowest BCUT2D eigenvalue weighted by molar-refractivity contribution is -0.141.